The van der Waals surface area contributed by atoms with Crippen LogP contribution in [0.25, 0.3) is 0 Å². The largest absolute Gasteiger partial charge is 1.00 e. The summed E-state index contributed by atoms with van der Waals surface area (Å²) in [6, 6.07) is 2.17. The van der Waals surface area contributed by atoms with Crippen LogP contribution in [-0.4, -0.2) is 18.1 Å². The third-order valence-corrected chi connectivity index (χ3v) is 2.81. The fraction of sp³-hybridized carbons (Fsp3) is 0.143. The first kappa shape index (κ1) is 14.2. The van der Waals surface area contributed by atoms with Crippen molar-refractivity contribution in [2.75, 3.05) is 0 Å². The molecule has 0 saturated carbocycles. The van der Waals surface area contributed by atoms with E-state index in [9.17, 15) is 8.42 Å². The number of benzene rings is 1. The smallest absolute Gasteiger partial charge is 1.00 e. The monoisotopic (exact) mass is 246 g/mol. The topological polar surface area (TPSA) is 74.6 Å². The van der Waals surface area contributed by atoms with E-state index in [-0.39, 0.29) is 36.0 Å². The van der Waals surface area contributed by atoms with Gasteiger partial charge in [0.2, 0.25) is 0 Å². The molecule has 0 saturated heterocycles. The molecule has 0 bridgehead atoms. The van der Waals surface area contributed by atoms with Gasteiger partial charge in [-0.15, -0.1) is 0 Å². The molecule has 0 heterocycles. The molecule has 0 aliphatic rings. The van der Waals surface area contributed by atoms with Crippen LogP contribution in [0, 0.1) is 6.92 Å². The maximum atomic E-state index is 10.7. The molecule has 0 fully saturated rings. The number of rotatable bonds is 1. The molecule has 0 amide bonds. The summed E-state index contributed by atoms with van der Waals surface area (Å²) in [6.07, 6.45) is 0. The van der Waals surface area contributed by atoms with E-state index in [1.165, 1.54) is 6.07 Å². The minimum absolute atomic E-state index is 0. The van der Waals surface area contributed by atoms with Gasteiger partial charge in [0.05, 0.1) is 0 Å². The molecular formula is C7H8ClNaO4S. The predicted molar refractivity (Wildman–Crippen MR) is 48.8 cm³/mol. The van der Waals surface area contributed by atoms with Gasteiger partial charge >= 0.3 is 29.6 Å². The SMILES string of the molecule is Cc1cc(O)c(S(=O)(=O)O)cc1Cl.[H-].[Na+]. The maximum Gasteiger partial charge on any atom is 1.00 e. The van der Waals surface area contributed by atoms with E-state index in [2.05, 4.69) is 0 Å². The van der Waals surface area contributed by atoms with Crippen molar-refractivity contribution in [3.05, 3.63) is 22.7 Å². The summed E-state index contributed by atoms with van der Waals surface area (Å²) in [5.41, 5.74) is 0.534. The number of hydrogen-bond acceptors (Lipinski definition) is 3. The van der Waals surface area contributed by atoms with Crippen molar-refractivity contribution in [2.45, 2.75) is 11.8 Å². The minimum atomic E-state index is -4.41. The Balaban J connectivity index is 0. The summed E-state index contributed by atoms with van der Waals surface area (Å²) >= 11 is 5.61. The Morgan fingerprint density at radius 3 is 2.36 bits per heavy atom. The Morgan fingerprint density at radius 2 is 1.93 bits per heavy atom. The Hall–Kier alpha value is 0.220. The molecule has 14 heavy (non-hydrogen) atoms. The first-order valence-electron chi connectivity index (χ1n) is 3.29. The van der Waals surface area contributed by atoms with Gasteiger partial charge in [-0.3, -0.25) is 4.55 Å². The van der Waals surface area contributed by atoms with Gasteiger partial charge < -0.3 is 6.53 Å². The van der Waals surface area contributed by atoms with Crippen molar-refractivity contribution in [1.29, 1.82) is 0 Å². The maximum absolute atomic E-state index is 10.7. The fourth-order valence-corrected chi connectivity index (χ4v) is 1.67. The first-order valence-corrected chi connectivity index (χ1v) is 5.11. The molecule has 2 N–H and O–H groups in total. The van der Waals surface area contributed by atoms with Gasteiger partial charge in [-0.05, 0) is 24.6 Å². The number of halogens is 1. The van der Waals surface area contributed by atoms with Gasteiger partial charge in [-0.25, -0.2) is 0 Å². The second kappa shape index (κ2) is 4.83. The van der Waals surface area contributed by atoms with E-state index >= 15 is 0 Å². The van der Waals surface area contributed by atoms with Crippen LogP contribution in [0.2, 0.25) is 5.02 Å². The standard InChI is InChI=1S/C7H7ClO4S.Na.H/c1-4-2-6(9)7(3-5(4)8)13(10,11)12;;/h2-3,9H,1H3,(H,10,11,12);;/q;+1;-1. The Kier molecular flexibility index (Phi) is 4.90. The van der Waals surface area contributed by atoms with Crippen LogP contribution in [0.15, 0.2) is 17.0 Å². The molecule has 1 aromatic carbocycles. The minimum Gasteiger partial charge on any atom is -1.00 e. The second-order valence-electron chi connectivity index (χ2n) is 2.54. The predicted octanol–water partition coefficient (Wildman–Crippen LogP) is -1.28. The second-order valence-corrected chi connectivity index (χ2v) is 4.34. The third-order valence-electron chi connectivity index (χ3n) is 1.52. The molecule has 0 radical (unpaired) electrons. The Morgan fingerprint density at radius 1 is 1.43 bits per heavy atom. The van der Waals surface area contributed by atoms with E-state index < -0.39 is 20.8 Å². The Labute approximate surface area is 110 Å². The number of phenolic OH excluding ortho intramolecular Hbond substituents is 1. The zero-order valence-electron chi connectivity index (χ0n) is 8.65. The van der Waals surface area contributed by atoms with E-state index in [1.807, 2.05) is 0 Å². The number of phenols is 1. The quantitative estimate of drug-likeness (QED) is 0.478. The molecule has 7 heteroatoms. The molecule has 74 valence electrons. The van der Waals surface area contributed by atoms with Gasteiger partial charge in [0.1, 0.15) is 10.6 Å². The normalized spacial score (nSPS) is 10.8. The summed E-state index contributed by atoms with van der Waals surface area (Å²) in [5, 5.41) is 9.33. The van der Waals surface area contributed by atoms with Crippen molar-refractivity contribution in [1.82, 2.24) is 0 Å². The van der Waals surface area contributed by atoms with Crippen LogP contribution in [0.4, 0.5) is 0 Å². The molecule has 0 unspecified atom stereocenters. The van der Waals surface area contributed by atoms with Gasteiger partial charge in [0, 0.05) is 5.02 Å². The van der Waals surface area contributed by atoms with Crippen molar-refractivity contribution in [3.63, 3.8) is 0 Å². The van der Waals surface area contributed by atoms with E-state index in [0.717, 1.165) is 6.07 Å². The van der Waals surface area contributed by atoms with Crippen LogP contribution in [0.1, 0.15) is 6.99 Å². The summed E-state index contributed by atoms with van der Waals surface area (Å²) in [4.78, 5) is -0.580. The van der Waals surface area contributed by atoms with Crippen LogP contribution in [0.3, 0.4) is 0 Å². The zero-order valence-corrected chi connectivity index (χ0v) is 11.2. The van der Waals surface area contributed by atoms with Crippen molar-refractivity contribution >= 4 is 21.7 Å². The number of aryl methyl sites for hydroxylation is 1. The first-order chi connectivity index (χ1) is 5.82. The summed E-state index contributed by atoms with van der Waals surface area (Å²) < 4.78 is 29.9. The molecule has 0 aliphatic carbocycles. The summed E-state index contributed by atoms with van der Waals surface area (Å²) in [5.74, 6) is -0.510. The van der Waals surface area contributed by atoms with Crippen LogP contribution < -0.4 is 29.6 Å². The van der Waals surface area contributed by atoms with Gasteiger partial charge in [-0.2, -0.15) is 8.42 Å². The van der Waals surface area contributed by atoms with Gasteiger partial charge in [0.25, 0.3) is 10.1 Å². The van der Waals surface area contributed by atoms with Crippen LogP contribution in [-0.2, 0) is 10.1 Å². The Bertz CT molecular complexity index is 449. The number of hydrogen-bond donors (Lipinski definition) is 2. The molecular weight excluding hydrogens is 239 g/mol. The fourth-order valence-electron chi connectivity index (χ4n) is 0.855. The van der Waals surface area contributed by atoms with Gasteiger partial charge in [0.15, 0.2) is 0 Å². The zero-order chi connectivity index (χ0) is 10.2. The molecule has 0 aliphatic heterocycles. The average molecular weight is 247 g/mol. The van der Waals surface area contributed by atoms with Crippen molar-refractivity contribution in [2.24, 2.45) is 0 Å². The summed E-state index contributed by atoms with van der Waals surface area (Å²) in [7, 11) is -4.41. The molecule has 1 aromatic rings. The van der Waals surface area contributed by atoms with Crippen LogP contribution in [0.5, 0.6) is 5.75 Å². The third kappa shape index (κ3) is 3.12. The molecule has 0 aromatic heterocycles. The molecule has 0 atom stereocenters. The van der Waals surface area contributed by atoms with Crippen molar-refractivity contribution in [3.8, 4) is 5.75 Å². The molecule has 4 nitrogen and oxygen atoms in total. The van der Waals surface area contributed by atoms with Crippen LogP contribution >= 0.6 is 11.6 Å². The molecule has 1 rings (SSSR count). The molecule has 0 spiro atoms. The van der Waals surface area contributed by atoms with Gasteiger partial charge in [-0.1, -0.05) is 11.6 Å². The van der Waals surface area contributed by atoms with E-state index in [1.54, 1.807) is 6.92 Å². The average Bonchev–Trinajstić information content (AvgIpc) is 1.94. The van der Waals surface area contributed by atoms with E-state index in [0.29, 0.717) is 5.56 Å². The summed E-state index contributed by atoms with van der Waals surface area (Å²) in [6.45, 7) is 1.61. The van der Waals surface area contributed by atoms with E-state index in [4.69, 9.17) is 21.3 Å². The van der Waals surface area contributed by atoms with Crippen molar-refractivity contribution < 1.29 is 49.1 Å². The number of aromatic hydroxyl groups is 1.